The fraction of sp³-hybridized carbons (Fsp3) is 0.364. The summed E-state index contributed by atoms with van der Waals surface area (Å²) in [5.74, 6) is -0.0333. The Labute approximate surface area is 175 Å². The smallest absolute Gasteiger partial charge is 0.399 e. The van der Waals surface area contributed by atoms with Crippen molar-refractivity contribution in [3.05, 3.63) is 63.7 Å². The van der Waals surface area contributed by atoms with Crippen molar-refractivity contribution in [1.82, 2.24) is 0 Å². The van der Waals surface area contributed by atoms with Gasteiger partial charge in [-0.25, -0.2) is 0 Å². The molecule has 0 aliphatic carbocycles. The molecule has 154 valence electrons. The zero-order valence-corrected chi connectivity index (χ0v) is 17.5. The highest BCUT2D eigenvalue weighted by molar-refractivity contribution is 6.62. The largest absolute Gasteiger partial charge is 0.494 e. The van der Waals surface area contributed by atoms with E-state index in [0.717, 1.165) is 11.0 Å². The number of nitro benzene ring substituents is 1. The molecule has 2 aromatic rings. The molecule has 2 aliphatic rings. The SMILES string of the molecule is CC1(C)OB(c2cccc(C3=Nc4ccc([N+](=O)[O-])cc4CC(=O)C3)c2)OC1(C)C. The number of hydrogen-bond acceptors (Lipinski definition) is 6. The molecule has 0 bridgehead atoms. The number of carbonyl (C=O) groups is 1. The van der Waals surface area contributed by atoms with Crippen molar-refractivity contribution < 1.29 is 19.0 Å². The van der Waals surface area contributed by atoms with Crippen LogP contribution in [0.2, 0.25) is 0 Å². The third kappa shape index (κ3) is 3.68. The third-order valence-corrected chi connectivity index (χ3v) is 6.03. The summed E-state index contributed by atoms with van der Waals surface area (Å²) in [4.78, 5) is 27.8. The maximum Gasteiger partial charge on any atom is 0.494 e. The summed E-state index contributed by atoms with van der Waals surface area (Å²) in [5, 5.41) is 11.1. The molecule has 0 saturated carbocycles. The van der Waals surface area contributed by atoms with E-state index in [2.05, 4.69) is 4.99 Å². The monoisotopic (exact) mass is 406 g/mol. The maximum atomic E-state index is 12.5. The molecule has 0 atom stereocenters. The van der Waals surface area contributed by atoms with Crippen LogP contribution in [-0.4, -0.2) is 34.7 Å². The van der Waals surface area contributed by atoms with Gasteiger partial charge in [-0.3, -0.25) is 19.9 Å². The average molecular weight is 406 g/mol. The molecule has 0 amide bonds. The molecule has 2 aromatic carbocycles. The molecular weight excluding hydrogens is 383 g/mol. The van der Waals surface area contributed by atoms with Crippen LogP contribution in [-0.2, 0) is 20.5 Å². The van der Waals surface area contributed by atoms with Gasteiger partial charge in [0.05, 0.1) is 27.5 Å². The Morgan fingerprint density at radius 2 is 1.73 bits per heavy atom. The van der Waals surface area contributed by atoms with Gasteiger partial charge < -0.3 is 9.31 Å². The molecule has 30 heavy (non-hydrogen) atoms. The van der Waals surface area contributed by atoms with Gasteiger partial charge in [0.1, 0.15) is 5.78 Å². The number of non-ortho nitro benzene ring substituents is 1. The minimum atomic E-state index is -0.507. The van der Waals surface area contributed by atoms with Crippen LogP contribution in [0, 0.1) is 10.1 Å². The number of benzene rings is 2. The Balaban J connectivity index is 1.70. The zero-order chi connectivity index (χ0) is 21.7. The zero-order valence-electron chi connectivity index (χ0n) is 17.5. The van der Waals surface area contributed by atoms with Gasteiger partial charge in [0.25, 0.3) is 5.69 Å². The second-order valence-electron chi connectivity index (χ2n) is 8.73. The fourth-order valence-corrected chi connectivity index (χ4v) is 3.59. The first-order valence-electron chi connectivity index (χ1n) is 9.88. The number of Topliss-reactive ketones (excluding diaryl/α,β-unsaturated/α-hetero) is 1. The number of aliphatic imine (C=N–C) groups is 1. The van der Waals surface area contributed by atoms with E-state index in [1.54, 1.807) is 6.07 Å². The van der Waals surface area contributed by atoms with E-state index in [-0.39, 0.29) is 24.3 Å². The van der Waals surface area contributed by atoms with Gasteiger partial charge in [-0.1, -0.05) is 24.3 Å². The van der Waals surface area contributed by atoms with Crippen molar-refractivity contribution in [2.45, 2.75) is 51.7 Å². The number of carbonyl (C=O) groups excluding carboxylic acids is 1. The number of nitro groups is 1. The predicted molar refractivity (Wildman–Crippen MR) is 115 cm³/mol. The van der Waals surface area contributed by atoms with Gasteiger partial charge in [0, 0.05) is 25.0 Å². The minimum absolute atomic E-state index is 0.0333. The Morgan fingerprint density at radius 3 is 2.40 bits per heavy atom. The molecule has 0 spiro atoms. The number of nitrogens with zero attached hydrogens (tertiary/aromatic N) is 2. The van der Waals surface area contributed by atoms with Crippen molar-refractivity contribution in [2.75, 3.05) is 0 Å². The summed E-state index contributed by atoms with van der Waals surface area (Å²) in [6.45, 7) is 8.00. The second-order valence-corrected chi connectivity index (χ2v) is 8.73. The van der Waals surface area contributed by atoms with Crippen LogP contribution in [0.4, 0.5) is 11.4 Å². The second kappa shape index (κ2) is 7.14. The molecule has 8 heteroatoms. The van der Waals surface area contributed by atoms with E-state index in [1.807, 2.05) is 52.0 Å². The number of ketones is 1. The first-order valence-corrected chi connectivity index (χ1v) is 9.88. The summed E-state index contributed by atoms with van der Waals surface area (Å²) in [6, 6.07) is 12.1. The van der Waals surface area contributed by atoms with Gasteiger partial charge in [0.2, 0.25) is 0 Å². The first-order chi connectivity index (χ1) is 14.1. The number of rotatable bonds is 3. The van der Waals surface area contributed by atoms with Crippen LogP contribution in [0.1, 0.15) is 45.2 Å². The van der Waals surface area contributed by atoms with Gasteiger partial charge >= 0.3 is 7.12 Å². The lowest BCUT2D eigenvalue weighted by atomic mass is 9.78. The van der Waals surface area contributed by atoms with E-state index in [0.29, 0.717) is 17.0 Å². The lowest BCUT2D eigenvalue weighted by Gasteiger charge is -2.32. The van der Waals surface area contributed by atoms with Crippen LogP contribution >= 0.6 is 0 Å². The van der Waals surface area contributed by atoms with Crippen molar-refractivity contribution >= 4 is 35.5 Å². The standard InChI is InChI=1S/C22H23BN2O5/c1-21(2)22(3,4)30-23(29-21)16-7-5-6-14(10-16)20-13-18(26)12-15-11-17(25(27)28)8-9-19(15)24-20/h5-11H,12-13H2,1-4H3. The first kappa shape index (κ1) is 20.4. The Hall–Kier alpha value is -2.84. The van der Waals surface area contributed by atoms with Gasteiger partial charge in [0.15, 0.2) is 0 Å². The van der Waals surface area contributed by atoms with Crippen LogP contribution in [0.3, 0.4) is 0 Å². The normalized spacial score (nSPS) is 19.8. The molecule has 0 unspecified atom stereocenters. The van der Waals surface area contributed by atoms with Gasteiger partial charge in [-0.2, -0.15) is 0 Å². The van der Waals surface area contributed by atoms with Crippen LogP contribution < -0.4 is 5.46 Å². The van der Waals surface area contributed by atoms with Crippen molar-refractivity contribution in [1.29, 1.82) is 0 Å². The Bertz CT molecular complexity index is 1060. The van der Waals surface area contributed by atoms with Crippen LogP contribution in [0.15, 0.2) is 47.5 Å². The molecule has 0 radical (unpaired) electrons. The molecule has 2 heterocycles. The summed E-state index contributed by atoms with van der Waals surface area (Å²) in [7, 11) is -0.507. The van der Waals surface area contributed by atoms with E-state index in [1.165, 1.54) is 12.1 Å². The highest BCUT2D eigenvalue weighted by Crippen LogP contribution is 2.36. The summed E-state index contributed by atoms with van der Waals surface area (Å²) in [6.07, 6.45) is 0.288. The van der Waals surface area contributed by atoms with E-state index < -0.39 is 23.2 Å². The predicted octanol–water partition coefficient (Wildman–Crippen LogP) is 3.53. The van der Waals surface area contributed by atoms with E-state index in [4.69, 9.17) is 9.31 Å². The van der Waals surface area contributed by atoms with Crippen molar-refractivity contribution in [3.63, 3.8) is 0 Å². The summed E-state index contributed by atoms with van der Waals surface area (Å²) < 4.78 is 12.3. The quantitative estimate of drug-likeness (QED) is 0.442. The van der Waals surface area contributed by atoms with Crippen LogP contribution in [0.25, 0.3) is 0 Å². The van der Waals surface area contributed by atoms with Crippen LogP contribution in [0.5, 0.6) is 0 Å². The van der Waals surface area contributed by atoms with Gasteiger partial charge in [-0.05, 0) is 50.4 Å². The van der Waals surface area contributed by atoms with Crippen molar-refractivity contribution in [2.24, 2.45) is 4.99 Å². The fourth-order valence-electron chi connectivity index (χ4n) is 3.59. The van der Waals surface area contributed by atoms with Crippen molar-refractivity contribution in [3.8, 4) is 0 Å². The average Bonchev–Trinajstić information content (AvgIpc) is 2.80. The molecule has 0 aromatic heterocycles. The highest BCUT2D eigenvalue weighted by Gasteiger charge is 2.51. The van der Waals surface area contributed by atoms with E-state index >= 15 is 0 Å². The maximum absolute atomic E-state index is 12.5. The van der Waals surface area contributed by atoms with Gasteiger partial charge in [-0.15, -0.1) is 0 Å². The third-order valence-electron chi connectivity index (χ3n) is 6.03. The summed E-state index contributed by atoms with van der Waals surface area (Å²) in [5.41, 5.74) is 2.52. The molecule has 0 N–H and O–H groups in total. The Kier molecular flexibility index (Phi) is 4.87. The lowest BCUT2D eigenvalue weighted by Crippen LogP contribution is -2.41. The lowest BCUT2D eigenvalue weighted by molar-refractivity contribution is -0.384. The molecule has 2 aliphatic heterocycles. The van der Waals surface area contributed by atoms with E-state index in [9.17, 15) is 14.9 Å². The highest BCUT2D eigenvalue weighted by atomic mass is 16.7. The molecule has 1 saturated heterocycles. The minimum Gasteiger partial charge on any atom is -0.399 e. The molecule has 7 nitrogen and oxygen atoms in total. The number of hydrogen-bond donors (Lipinski definition) is 0. The molecular formula is C22H23BN2O5. The molecule has 4 rings (SSSR count). The summed E-state index contributed by atoms with van der Waals surface area (Å²) >= 11 is 0. The topological polar surface area (TPSA) is 91.0 Å². The number of fused-ring (bicyclic) bond motifs is 1. The Morgan fingerprint density at radius 1 is 1.03 bits per heavy atom. The molecule has 1 fully saturated rings.